The van der Waals surface area contributed by atoms with E-state index in [4.69, 9.17) is 5.11 Å². The molecule has 1 aromatic rings. The predicted octanol–water partition coefficient (Wildman–Crippen LogP) is 4.02. The molecule has 1 aromatic carbocycles. The van der Waals surface area contributed by atoms with Crippen molar-refractivity contribution in [1.29, 1.82) is 0 Å². The predicted molar refractivity (Wildman–Crippen MR) is 107 cm³/mol. The number of carboxylic acids is 1. The number of rotatable bonds is 8. The van der Waals surface area contributed by atoms with Crippen LogP contribution in [0.15, 0.2) is 84.6 Å². The summed E-state index contributed by atoms with van der Waals surface area (Å²) in [5.74, 6) is -0.870. The molecular weight excluding hydrogens is 340 g/mol. The van der Waals surface area contributed by atoms with E-state index in [0.717, 1.165) is 29.5 Å². The molecule has 0 aliphatic heterocycles. The number of hydrogen-bond donors (Lipinski definition) is 3. The molecule has 2 rings (SSSR count). The average molecular weight is 364 g/mol. The molecule has 2 amide bonds. The summed E-state index contributed by atoms with van der Waals surface area (Å²) in [4.78, 5) is 22.6. The Morgan fingerprint density at radius 2 is 1.81 bits per heavy atom. The van der Waals surface area contributed by atoms with E-state index < -0.39 is 5.97 Å². The Morgan fingerprint density at radius 1 is 1.11 bits per heavy atom. The van der Waals surface area contributed by atoms with Crippen molar-refractivity contribution in [3.05, 3.63) is 95.8 Å². The first-order valence-electron chi connectivity index (χ1n) is 8.70. The first-order chi connectivity index (χ1) is 12.9. The highest BCUT2D eigenvalue weighted by Gasteiger charge is 2.04. The van der Waals surface area contributed by atoms with Crippen molar-refractivity contribution in [3.63, 3.8) is 0 Å². The van der Waals surface area contributed by atoms with Crippen LogP contribution in [-0.4, -0.2) is 17.1 Å². The van der Waals surface area contributed by atoms with Crippen molar-refractivity contribution in [1.82, 2.24) is 10.6 Å². The van der Waals surface area contributed by atoms with E-state index in [1.54, 1.807) is 30.3 Å². The van der Waals surface area contributed by atoms with Crippen LogP contribution in [0.5, 0.6) is 0 Å². The molecule has 0 saturated carbocycles. The first kappa shape index (κ1) is 20.0. The van der Waals surface area contributed by atoms with Crippen LogP contribution >= 0.6 is 0 Å². The Hall–Kier alpha value is -3.34. The minimum absolute atomic E-state index is 0.0150. The monoisotopic (exact) mass is 364 g/mol. The van der Waals surface area contributed by atoms with Crippen molar-refractivity contribution in [3.8, 4) is 0 Å². The second-order valence-corrected chi connectivity index (χ2v) is 6.24. The first-order valence-corrected chi connectivity index (χ1v) is 8.70. The highest BCUT2D eigenvalue weighted by Crippen LogP contribution is 2.19. The fourth-order valence-electron chi connectivity index (χ4n) is 2.54. The van der Waals surface area contributed by atoms with Gasteiger partial charge in [0.15, 0.2) is 0 Å². The van der Waals surface area contributed by atoms with Crippen LogP contribution in [0, 0.1) is 0 Å². The molecule has 5 nitrogen and oxygen atoms in total. The molecule has 1 aliphatic rings. The highest BCUT2D eigenvalue weighted by atomic mass is 16.4. The van der Waals surface area contributed by atoms with Crippen LogP contribution in [0.2, 0.25) is 0 Å². The minimum atomic E-state index is -0.870. The van der Waals surface area contributed by atoms with Gasteiger partial charge in [-0.25, -0.2) is 4.79 Å². The van der Waals surface area contributed by atoms with E-state index in [9.17, 15) is 9.59 Å². The zero-order chi connectivity index (χ0) is 19.6. The Labute approximate surface area is 159 Å². The summed E-state index contributed by atoms with van der Waals surface area (Å²) in [7, 11) is 0. The maximum absolute atomic E-state index is 11.9. The summed E-state index contributed by atoms with van der Waals surface area (Å²) in [6.45, 7) is 8.19. The molecule has 0 aromatic heterocycles. The van der Waals surface area contributed by atoms with E-state index >= 15 is 0 Å². The van der Waals surface area contributed by atoms with Crippen LogP contribution in [0.25, 0.3) is 0 Å². The number of carboxylic acid groups (broad SMARTS) is 1. The lowest BCUT2D eigenvalue weighted by Gasteiger charge is -2.10. The molecule has 140 valence electrons. The van der Waals surface area contributed by atoms with Crippen LogP contribution in [0.1, 0.15) is 24.0 Å². The van der Waals surface area contributed by atoms with Crippen LogP contribution in [0.4, 0.5) is 4.79 Å². The van der Waals surface area contributed by atoms with Crippen LogP contribution < -0.4 is 10.6 Å². The van der Waals surface area contributed by atoms with Crippen molar-refractivity contribution in [2.75, 3.05) is 0 Å². The molecule has 0 atom stereocenters. The zero-order valence-corrected chi connectivity index (χ0v) is 15.2. The molecule has 0 heterocycles. The van der Waals surface area contributed by atoms with Crippen molar-refractivity contribution in [2.24, 2.45) is 0 Å². The summed E-state index contributed by atoms with van der Waals surface area (Å²) >= 11 is 0. The number of urea groups is 1. The van der Waals surface area contributed by atoms with Gasteiger partial charge in [0.2, 0.25) is 0 Å². The maximum Gasteiger partial charge on any atom is 0.319 e. The smallest absolute Gasteiger partial charge is 0.319 e. The molecule has 0 spiro atoms. The second-order valence-electron chi connectivity index (χ2n) is 6.24. The topological polar surface area (TPSA) is 78.4 Å². The third-order valence-electron chi connectivity index (χ3n) is 4.02. The summed E-state index contributed by atoms with van der Waals surface area (Å²) in [6, 6.07) is 6.72. The van der Waals surface area contributed by atoms with Crippen LogP contribution in [0.3, 0.4) is 0 Å². The van der Waals surface area contributed by atoms with E-state index in [0.29, 0.717) is 12.2 Å². The molecule has 1 aliphatic carbocycles. The SMILES string of the molecule is C=C(/C=C\C(=C)C1=CC=CCC1)NC(=O)NCc1ccc(CC(=O)O)cc1. The number of nitrogens with one attached hydrogen (secondary N) is 2. The number of aliphatic carboxylic acids is 1. The van der Waals surface area contributed by atoms with Gasteiger partial charge in [0, 0.05) is 12.2 Å². The Kier molecular flexibility index (Phi) is 7.37. The highest BCUT2D eigenvalue weighted by molar-refractivity contribution is 5.76. The van der Waals surface area contributed by atoms with E-state index in [1.807, 2.05) is 18.2 Å². The van der Waals surface area contributed by atoms with Crippen molar-refractivity contribution in [2.45, 2.75) is 25.8 Å². The molecule has 0 unspecified atom stereocenters. The van der Waals surface area contributed by atoms with Gasteiger partial charge in [-0.1, -0.05) is 61.7 Å². The van der Waals surface area contributed by atoms with Gasteiger partial charge >= 0.3 is 12.0 Å². The second kappa shape index (κ2) is 9.97. The lowest BCUT2D eigenvalue weighted by atomic mass is 9.98. The van der Waals surface area contributed by atoms with E-state index in [1.165, 1.54) is 5.57 Å². The molecule has 0 fully saturated rings. The van der Waals surface area contributed by atoms with Gasteiger partial charge in [-0.15, -0.1) is 0 Å². The third kappa shape index (κ3) is 7.20. The molecule has 0 bridgehead atoms. The Bertz CT molecular complexity index is 814. The van der Waals surface area contributed by atoms with Crippen LogP contribution in [-0.2, 0) is 17.8 Å². The largest absolute Gasteiger partial charge is 0.481 e. The number of hydrogen-bond acceptors (Lipinski definition) is 2. The number of benzene rings is 1. The van der Waals surface area contributed by atoms with Gasteiger partial charge in [-0.05, 0) is 41.2 Å². The molecule has 0 saturated heterocycles. The maximum atomic E-state index is 11.9. The minimum Gasteiger partial charge on any atom is -0.481 e. The number of carbonyl (C=O) groups is 2. The quantitative estimate of drug-likeness (QED) is 0.610. The third-order valence-corrected chi connectivity index (χ3v) is 4.02. The summed E-state index contributed by atoms with van der Waals surface area (Å²) in [5, 5.41) is 14.2. The standard InChI is InChI=1S/C22H24N2O3/c1-16(20-6-4-3-5-7-20)8-9-17(2)24-22(27)23-15-19-12-10-18(11-13-19)14-21(25)26/h3-4,6,8-13H,1-2,5,7,14-15H2,(H,25,26)(H2,23,24,27)/b9-8-. The lowest BCUT2D eigenvalue weighted by molar-refractivity contribution is -0.136. The molecule has 27 heavy (non-hydrogen) atoms. The summed E-state index contributed by atoms with van der Waals surface area (Å²) < 4.78 is 0. The van der Waals surface area contributed by atoms with Gasteiger partial charge < -0.3 is 15.7 Å². The van der Waals surface area contributed by atoms with E-state index in [-0.39, 0.29) is 12.5 Å². The fraction of sp³-hybridized carbons (Fsp3) is 0.182. The Morgan fingerprint density at radius 3 is 2.44 bits per heavy atom. The van der Waals surface area contributed by atoms with Crippen molar-refractivity contribution >= 4 is 12.0 Å². The van der Waals surface area contributed by atoms with E-state index in [2.05, 4.69) is 29.9 Å². The molecule has 3 N–H and O–H groups in total. The summed E-state index contributed by atoms with van der Waals surface area (Å²) in [5.41, 5.74) is 4.16. The molecule has 5 heteroatoms. The number of allylic oxidation sites excluding steroid dienone is 7. The summed E-state index contributed by atoms with van der Waals surface area (Å²) in [6.07, 6.45) is 11.7. The van der Waals surface area contributed by atoms with Gasteiger partial charge in [-0.2, -0.15) is 0 Å². The lowest BCUT2D eigenvalue weighted by Crippen LogP contribution is -2.33. The van der Waals surface area contributed by atoms with Crippen molar-refractivity contribution < 1.29 is 14.7 Å². The zero-order valence-electron chi connectivity index (χ0n) is 15.2. The normalized spacial score (nSPS) is 13.1. The number of carbonyl (C=O) groups excluding carboxylic acids is 1. The average Bonchev–Trinajstić information content (AvgIpc) is 2.66. The van der Waals surface area contributed by atoms with Gasteiger partial charge in [-0.3, -0.25) is 4.79 Å². The Balaban J connectivity index is 1.76. The van der Waals surface area contributed by atoms with Gasteiger partial charge in [0.05, 0.1) is 6.42 Å². The van der Waals surface area contributed by atoms with Gasteiger partial charge in [0.1, 0.15) is 0 Å². The number of amides is 2. The molecular formula is C22H24N2O3. The fourth-order valence-corrected chi connectivity index (χ4v) is 2.54. The van der Waals surface area contributed by atoms with Gasteiger partial charge in [0.25, 0.3) is 0 Å². The molecule has 0 radical (unpaired) electrons.